The van der Waals surface area contributed by atoms with Crippen molar-refractivity contribution in [2.75, 3.05) is 12.3 Å². The van der Waals surface area contributed by atoms with Crippen LogP contribution in [0.2, 0.25) is 0 Å². The second kappa shape index (κ2) is 5.17. The smallest absolute Gasteiger partial charge is 0.251 e. The van der Waals surface area contributed by atoms with E-state index < -0.39 is 0 Å². The predicted molar refractivity (Wildman–Crippen MR) is 67.7 cm³/mol. The fraction of sp³-hybridized carbons (Fsp3) is 0.538. The topological polar surface area (TPSA) is 68.0 Å². The molecule has 0 aromatic carbocycles. The average molecular weight is 233 g/mol. The average Bonchev–Trinajstić information content (AvgIpc) is 3.09. The molecule has 92 valence electrons. The number of nitrogen functional groups attached to an aromatic ring is 1. The van der Waals surface area contributed by atoms with Crippen molar-refractivity contribution in [1.82, 2.24) is 10.3 Å². The van der Waals surface area contributed by atoms with Crippen LogP contribution in [0.15, 0.2) is 12.1 Å². The van der Waals surface area contributed by atoms with Crippen LogP contribution in [0.4, 0.5) is 5.82 Å². The van der Waals surface area contributed by atoms with Crippen molar-refractivity contribution in [3.05, 3.63) is 23.4 Å². The van der Waals surface area contributed by atoms with Crippen molar-refractivity contribution in [1.29, 1.82) is 0 Å². The standard InChI is InChI=1S/C13H19N3O/c1-2-3-11-6-10(7-12(14)16-11)13(17)15-8-9-4-5-9/h6-7,9H,2-5,8H2,1H3,(H2,14,16)(H,15,17). The van der Waals surface area contributed by atoms with E-state index in [0.717, 1.165) is 25.1 Å². The van der Waals surface area contributed by atoms with Crippen LogP contribution in [0.25, 0.3) is 0 Å². The number of hydrogen-bond acceptors (Lipinski definition) is 3. The number of aromatic nitrogens is 1. The van der Waals surface area contributed by atoms with E-state index >= 15 is 0 Å². The number of nitrogens with two attached hydrogens (primary N) is 1. The number of hydrogen-bond donors (Lipinski definition) is 2. The molecule has 0 unspecified atom stereocenters. The number of aryl methyl sites for hydroxylation is 1. The van der Waals surface area contributed by atoms with Crippen molar-refractivity contribution in [3.63, 3.8) is 0 Å². The van der Waals surface area contributed by atoms with Crippen molar-refractivity contribution < 1.29 is 4.79 Å². The van der Waals surface area contributed by atoms with Gasteiger partial charge in [0.25, 0.3) is 5.91 Å². The van der Waals surface area contributed by atoms with Crippen LogP contribution in [0, 0.1) is 5.92 Å². The zero-order chi connectivity index (χ0) is 12.3. The minimum atomic E-state index is -0.0386. The quantitative estimate of drug-likeness (QED) is 0.814. The summed E-state index contributed by atoms with van der Waals surface area (Å²) in [5, 5.41) is 2.94. The fourth-order valence-electron chi connectivity index (χ4n) is 1.79. The Labute approximate surface area is 102 Å². The summed E-state index contributed by atoms with van der Waals surface area (Å²) in [4.78, 5) is 16.1. The van der Waals surface area contributed by atoms with Crippen LogP contribution in [0.5, 0.6) is 0 Å². The second-order valence-electron chi connectivity index (χ2n) is 4.68. The molecule has 0 spiro atoms. The molecule has 0 saturated heterocycles. The molecule has 1 fully saturated rings. The second-order valence-corrected chi connectivity index (χ2v) is 4.68. The molecule has 1 aromatic rings. The molecule has 0 aliphatic heterocycles. The number of nitrogens with zero attached hydrogens (tertiary/aromatic N) is 1. The molecule has 2 rings (SSSR count). The van der Waals surface area contributed by atoms with Crippen molar-refractivity contribution in [2.45, 2.75) is 32.6 Å². The molecule has 1 heterocycles. The van der Waals surface area contributed by atoms with E-state index in [2.05, 4.69) is 17.2 Å². The Morgan fingerprint density at radius 3 is 2.94 bits per heavy atom. The summed E-state index contributed by atoms with van der Waals surface area (Å²) in [6.07, 6.45) is 4.33. The lowest BCUT2D eigenvalue weighted by Gasteiger charge is -2.07. The van der Waals surface area contributed by atoms with Crippen molar-refractivity contribution in [2.24, 2.45) is 5.92 Å². The zero-order valence-corrected chi connectivity index (χ0v) is 10.2. The van der Waals surface area contributed by atoms with Gasteiger partial charge in [-0.2, -0.15) is 0 Å². The maximum absolute atomic E-state index is 11.9. The van der Waals surface area contributed by atoms with Crippen LogP contribution >= 0.6 is 0 Å². The Bertz CT molecular complexity index is 413. The van der Waals surface area contributed by atoms with Gasteiger partial charge in [0.1, 0.15) is 5.82 Å². The van der Waals surface area contributed by atoms with E-state index in [1.54, 1.807) is 6.07 Å². The van der Waals surface area contributed by atoms with Gasteiger partial charge in [0.15, 0.2) is 0 Å². The largest absolute Gasteiger partial charge is 0.384 e. The molecule has 3 N–H and O–H groups in total. The minimum Gasteiger partial charge on any atom is -0.384 e. The SMILES string of the molecule is CCCc1cc(C(=O)NCC2CC2)cc(N)n1. The van der Waals surface area contributed by atoms with Gasteiger partial charge >= 0.3 is 0 Å². The highest BCUT2D eigenvalue weighted by Crippen LogP contribution is 2.27. The summed E-state index contributed by atoms with van der Waals surface area (Å²) in [6, 6.07) is 3.48. The molecule has 4 heteroatoms. The third-order valence-electron chi connectivity index (χ3n) is 2.91. The molecule has 1 aliphatic carbocycles. The van der Waals surface area contributed by atoms with Crippen LogP contribution in [-0.4, -0.2) is 17.4 Å². The van der Waals surface area contributed by atoms with Gasteiger partial charge in [-0.25, -0.2) is 4.98 Å². The van der Waals surface area contributed by atoms with Gasteiger partial charge in [-0.3, -0.25) is 4.79 Å². The third kappa shape index (κ3) is 3.44. The summed E-state index contributed by atoms with van der Waals surface area (Å²) < 4.78 is 0. The van der Waals surface area contributed by atoms with Gasteiger partial charge in [0.2, 0.25) is 0 Å². The number of rotatable bonds is 5. The van der Waals surface area contributed by atoms with E-state index in [-0.39, 0.29) is 5.91 Å². The molecular weight excluding hydrogens is 214 g/mol. The lowest BCUT2D eigenvalue weighted by molar-refractivity contribution is 0.0951. The first kappa shape index (κ1) is 11.9. The first-order valence-corrected chi connectivity index (χ1v) is 6.23. The Balaban J connectivity index is 2.04. The molecule has 17 heavy (non-hydrogen) atoms. The Morgan fingerprint density at radius 2 is 2.29 bits per heavy atom. The van der Waals surface area contributed by atoms with Gasteiger partial charge in [-0.15, -0.1) is 0 Å². The zero-order valence-electron chi connectivity index (χ0n) is 10.2. The number of carbonyl (C=O) groups is 1. The van der Waals surface area contributed by atoms with Crippen LogP contribution in [-0.2, 0) is 6.42 Å². The summed E-state index contributed by atoms with van der Waals surface area (Å²) >= 11 is 0. The maximum Gasteiger partial charge on any atom is 0.251 e. The van der Waals surface area contributed by atoms with Gasteiger partial charge in [-0.05, 0) is 37.3 Å². The minimum absolute atomic E-state index is 0.0386. The summed E-state index contributed by atoms with van der Waals surface area (Å²) in [7, 11) is 0. The molecule has 1 aliphatic rings. The number of anilines is 1. The molecule has 0 bridgehead atoms. The predicted octanol–water partition coefficient (Wildman–Crippen LogP) is 1.76. The molecule has 4 nitrogen and oxygen atoms in total. The number of nitrogens with one attached hydrogen (secondary N) is 1. The van der Waals surface area contributed by atoms with Gasteiger partial charge in [-0.1, -0.05) is 13.3 Å². The lowest BCUT2D eigenvalue weighted by atomic mass is 10.1. The molecule has 1 saturated carbocycles. The van der Waals surface area contributed by atoms with E-state index in [0.29, 0.717) is 17.3 Å². The monoisotopic (exact) mass is 233 g/mol. The van der Waals surface area contributed by atoms with E-state index in [9.17, 15) is 4.79 Å². The summed E-state index contributed by atoms with van der Waals surface area (Å²) in [5.41, 5.74) is 7.22. The molecular formula is C13H19N3O. The Hall–Kier alpha value is -1.58. The highest BCUT2D eigenvalue weighted by Gasteiger charge is 2.22. The number of pyridine rings is 1. The highest BCUT2D eigenvalue weighted by atomic mass is 16.1. The molecule has 0 atom stereocenters. The first-order valence-electron chi connectivity index (χ1n) is 6.23. The Morgan fingerprint density at radius 1 is 1.53 bits per heavy atom. The van der Waals surface area contributed by atoms with E-state index in [4.69, 9.17) is 5.73 Å². The van der Waals surface area contributed by atoms with E-state index in [1.807, 2.05) is 6.07 Å². The molecule has 0 radical (unpaired) electrons. The Kier molecular flexibility index (Phi) is 3.61. The van der Waals surface area contributed by atoms with Gasteiger partial charge < -0.3 is 11.1 Å². The summed E-state index contributed by atoms with van der Waals surface area (Å²) in [5.74, 6) is 1.07. The maximum atomic E-state index is 11.9. The van der Waals surface area contributed by atoms with Crippen LogP contribution < -0.4 is 11.1 Å². The molecule has 1 aromatic heterocycles. The van der Waals surface area contributed by atoms with Crippen molar-refractivity contribution >= 4 is 11.7 Å². The fourth-order valence-corrected chi connectivity index (χ4v) is 1.79. The third-order valence-corrected chi connectivity index (χ3v) is 2.91. The van der Waals surface area contributed by atoms with E-state index in [1.165, 1.54) is 12.8 Å². The van der Waals surface area contributed by atoms with Gasteiger partial charge in [0, 0.05) is 17.8 Å². The van der Waals surface area contributed by atoms with Crippen LogP contribution in [0.1, 0.15) is 42.2 Å². The normalized spacial score (nSPS) is 14.6. The summed E-state index contributed by atoms with van der Waals surface area (Å²) in [6.45, 7) is 2.86. The van der Waals surface area contributed by atoms with Crippen molar-refractivity contribution in [3.8, 4) is 0 Å². The lowest BCUT2D eigenvalue weighted by Crippen LogP contribution is -2.25. The van der Waals surface area contributed by atoms with Crippen LogP contribution in [0.3, 0.4) is 0 Å². The molecule has 1 amide bonds. The number of amides is 1. The number of carbonyl (C=O) groups excluding carboxylic acids is 1. The first-order chi connectivity index (χ1) is 8.19. The van der Waals surface area contributed by atoms with Gasteiger partial charge in [0.05, 0.1) is 0 Å². The highest BCUT2D eigenvalue weighted by molar-refractivity contribution is 5.94.